The van der Waals surface area contributed by atoms with Crippen LogP contribution in [0.25, 0.3) is 5.76 Å². The van der Waals surface area contributed by atoms with E-state index in [1.165, 1.54) is 7.11 Å². The maximum Gasteiger partial charge on any atom is 0.337 e. The Morgan fingerprint density at radius 1 is 1.52 bits per heavy atom. The molecule has 0 aliphatic heterocycles. The molecule has 0 saturated heterocycles. The van der Waals surface area contributed by atoms with Crippen LogP contribution in [-0.2, 0) is 14.9 Å². The molecule has 2 unspecified atom stereocenters. The number of fused-ring (bicyclic) bond motifs is 4. The van der Waals surface area contributed by atoms with Gasteiger partial charge in [0.2, 0.25) is 0 Å². The quantitative estimate of drug-likeness (QED) is 0.841. The standard InChI is InChI=1S/C17H22O4/c1-10(2)17-7-4-5-11(9-17)13(16(19)20-3)14(18)12-6-8-21-15(12)17/h6,8,10-11,18H,4-5,7,9H2,1-3H3. The van der Waals surface area contributed by atoms with Gasteiger partial charge < -0.3 is 14.3 Å². The lowest BCUT2D eigenvalue weighted by Crippen LogP contribution is -2.38. The first-order valence-corrected chi connectivity index (χ1v) is 7.61. The molecule has 1 aromatic heterocycles. The number of hydrogen-bond acceptors (Lipinski definition) is 4. The summed E-state index contributed by atoms with van der Waals surface area (Å²) < 4.78 is 10.7. The molecule has 0 radical (unpaired) electrons. The Balaban J connectivity index is 2.23. The molecule has 2 aliphatic carbocycles. The Labute approximate surface area is 124 Å². The van der Waals surface area contributed by atoms with Crippen molar-refractivity contribution in [1.82, 2.24) is 0 Å². The topological polar surface area (TPSA) is 59.7 Å². The van der Waals surface area contributed by atoms with Crippen LogP contribution in [0.3, 0.4) is 0 Å². The number of aliphatic hydroxyl groups is 1. The Hall–Kier alpha value is -1.71. The van der Waals surface area contributed by atoms with Crippen LogP contribution in [0.2, 0.25) is 0 Å². The highest BCUT2D eigenvalue weighted by atomic mass is 16.5. The fraction of sp³-hybridized carbons (Fsp3) is 0.588. The van der Waals surface area contributed by atoms with E-state index >= 15 is 0 Å². The van der Waals surface area contributed by atoms with Crippen LogP contribution in [0.5, 0.6) is 0 Å². The minimum Gasteiger partial charge on any atom is -0.507 e. The third-order valence-corrected chi connectivity index (χ3v) is 5.33. The van der Waals surface area contributed by atoms with Crippen molar-refractivity contribution in [3.8, 4) is 0 Å². The highest BCUT2D eigenvalue weighted by molar-refractivity contribution is 5.97. The number of carbonyl (C=O) groups excluding carboxylic acids is 1. The summed E-state index contributed by atoms with van der Waals surface area (Å²) >= 11 is 0. The van der Waals surface area contributed by atoms with Crippen molar-refractivity contribution in [2.75, 3.05) is 7.11 Å². The molecule has 2 bridgehead atoms. The smallest absolute Gasteiger partial charge is 0.337 e. The lowest BCUT2D eigenvalue weighted by atomic mass is 9.62. The van der Waals surface area contributed by atoms with E-state index < -0.39 is 5.97 Å². The predicted octanol–water partition coefficient (Wildman–Crippen LogP) is 3.82. The average molecular weight is 290 g/mol. The number of ether oxygens (including phenoxy) is 1. The fourth-order valence-corrected chi connectivity index (χ4v) is 4.14. The first-order valence-electron chi connectivity index (χ1n) is 7.61. The normalized spacial score (nSPS) is 28.3. The van der Waals surface area contributed by atoms with E-state index in [4.69, 9.17) is 9.15 Å². The van der Waals surface area contributed by atoms with Gasteiger partial charge >= 0.3 is 5.97 Å². The molecule has 1 N–H and O–H groups in total. The summed E-state index contributed by atoms with van der Waals surface area (Å²) in [5, 5.41) is 10.7. The van der Waals surface area contributed by atoms with E-state index in [-0.39, 0.29) is 17.1 Å². The Bertz CT molecular complexity index is 596. The van der Waals surface area contributed by atoms with Crippen LogP contribution in [0.1, 0.15) is 50.9 Å². The molecule has 4 heteroatoms. The molecule has 1 heterocycles. The second-order valence-electron chi connectivity index (χ2n) is 6.52. The zero-order chi connectivity index (χ0) is 15.2. The van der Waals surface area contributed by atoms with Crippen molar-refractivity contribution in [3.05, 3.63) is 29.2 Å². The number of methoxy groups -OCH3 is 1. The summed E-state index contributed by atoms with van der Waals surface area (Å²) in [6.45, 7) is 4.38. The van der Waals surface area contributed by atoms with Gasteiger partial charge in [-0.05, 0) is 37.2 Å². The van der Waals surface area contributed by atoms with E-state index in [0.29, 0.717) is 17.1 Å². The van der Waals surface area contributed by atoms with Gasteiger partial charge in [-0.3, -0.25) is 0 Å². The first kappa shape index (κ1) is 14.2. The van der Waals surface area contributed by atoms with Gasteiger partial charge in [-0.15, -0.1) is 0 Å². The van der Waals surface area contributed by atoms with Crippen LogP contribution in [0, 0.1) is 11.8 Å². The second kappa shape index (κ2) is 4.93. The molecule has 3 rings (SSSR count). The molecule has 4 nitrogen and oxygen atoms in total. The second-order valence-corrected chi connectivity index (χ2v) is 6.52. The molecular weight excluding hydrogens is 268 g/mol. The van der Waals surface area contributed by atoms with Crippen molar-refractivity contribution < 1.29 is 19.1 Å². The molecule has 2 atom stereocenters. The number of carbonyl (C=O) groups is 1. The van der Waals surface area contributed by atoms with Gasteiger partial charge in [0, 0.05) is 5.41 Å². The minimum atomic E-state index is -0.425. The van der Waals surface area contributed by atoms with Crippen molar-refractivity contribution in [3.63, 3.8) is 0 Å². The van der Waals surface area contributed by atoms with Gasteiger partial charge in [-0.2, -0.15) is 0 Å². The van der Waals surface area contributed by atoms with E-state index in [9.17, 15) is 9.90 Å². The minimum absolute atomic E-state index is 0.0381. The number of rotatable bonds is 2. The summed E-state index contributed by atoms with van der Waals surface area (Å²) in [5.41, 5.74) is 0.974. The fourth-order valence-electron chi connectivity index (χ4n) is 4.14. The lowest BCUT2D eigenvalue weighted by molar-refractivity contribution is -0.137. The monoisotopic (exact) mass is 290 g/mol. The van der Waals surface area contributed by atoms with Crippen molar-refractivity contribution in [2.24, 2.45) is 11.8 Å². The van der Waals surface area contributed by atoms with Crippen LogP contribution < -0.4 is 0 Å². The summed E-state index contributed by atoms with van der Waals surface area (Å²) in [5.74, 6) is 0.871. The van der Waals surface area contributed by atoms with E-state index in [2.05, 4.69) is 13.8 Å². The van der Waals surface area contributed by atoms with E-state index in [0.717, 1.165) is 31.4 Å². The maximum atomic E-state index is 12.2. The van der Waals surface area contributed by atoms with Gasteiger partial charge in [0.1, 0.15) is 11.5 Å². The Morgan fingerprint density at radius 3 is 2.95 bits per heavy atom. The van der Waals surface area contributed by atoms with Gasteiger partial charge in [0.15, 0.2) is 0 Å². The molecule has 21 heavy (non-hydrogen) atoms. The van der Waals surface area contributed by atoms with E-state index in [1.54, 1.807) is 12.3 Å². The molecule has 0 aromatic carbocycles. The third-order valence-electron chi connectivity index (χ3n) is 5.33. The number of aliphatic hydroxyl groups excluding tert-OH is 1. The number of hydrogen-bond donors (Lipinski definition) is 1. The highest BCUT2D eigenvalue weighted by Crippen LogP contribution is 2.53. The van der Waals surface area contributed by atoms with Gasteiger partial charge in [-0.1, -0.05) is 20.3 Å². The Kier molecular flexibility index (Phi) is 3.34. The van der Waals surface area contributed by atoms with Crippen molar-refractivity contribution in [1.29, 1.82) is 0 Å². The molecule has 2 aliphatic rings. The lowest BCUT2D eigenvalue weighted by Gasteiger charge is -2.42. The summed E-state index contributed by atoms with van der Waals surface area (Å²) in [6, 6.07) is 1.76. The first-order chi connectivity index (χ1) is 10.0. The molecule has 0 amide bonds. The Morgan fingerprint density at radius 2 is 2.29 bits per heavy atom. The van der Waals surface area contributed by atoms with Crippen molar-refractivity contribution >= 4 is 11.7 Å². The number of esters is 1. The molecule has 1 saturated carbocycles. The molecular formula is C17H22O4. The molecule has 1 fully saturated rings. The predicted molar refractivity (Wildman–Crippen MR) is 78.7 cm³/mol. The highest BCUT2D eigenvalue weighted by Gasteiger charge is 2.49. The summed E-state index contributed by atoms with van der Waals surface area (Å²) in [4.78, 5) is 12.2. The average Bonchev–Trinajstić information content (AvgIpc) is 2.94. The van der Waals surface area contributed by atoms with Gasteiger partial charge in [0.05, 0.1) is 24.5 Å². The summed E-state index contributed by atoms with van der Waals surface area (Å²) in [7, 11) is 1.36. The zero-order valence-corrected chi connectivity index (χ0v) is 12.8. The van der Waals surface area contributed by atoms with Gasteiger partial charge in [-0.25, -0.2) is 4.79 Å². The SMILES string of the molecule is COC(=O)C1=C(O)c2ccoc2C2(C(C)C)CCCC1C2. The molecule has 114 valence electrons. The summed E-state index contributed by atoms with van der Waals surface area (Å²) in [6.07, 6.45) is 5.40. The maximum absolute atomic E-state index is 12.2. The van der Waals surface area contributed by atoms with Crippen LogP contribution in [0.15, 0.2) is 22.3 Å². The molecule has 1 aromatic rings. The van der Waals surface area contributed by atoms with Crippen molar-refractivity contribution in [2.45, 2.75) is 44.9 Å². The largest absolute Gasteiger partial charge is 0.507 e. The zero-order valence-electron chi connectivity index (χ0n) is 12.8. The van der Waals surface area contributed by atoms with E-state index in [1.807, 2.05) is 0 Å². The third kappa shape index (κ3) is 1.92. The number of furan rings is 1. The molecule has 0 spiro atoms. The van der Waals surface area contributed by atoms with Gasteiger partial charge in [0.25, 0.3) is 0 Å². The van der Waals surface area contributed by atoms with Crippen LogP contribution in [-0.4, -0.2) is 18.2 Å². The van der Waals surface area contributed by atoms with Crippen LogP contribution >= 0.6 is 0 Å². The van der Waals surface area contributed by atoms with Crippen LogP contribution in [0.4, 0.5) is 0 Å².